The molecule has 5 heteroatoms. The summed E-state index contributed by atoms with van der Waals surface area (Å²) in [5.74, 6) is -1.97. The second-order valence-electron chi connectivity index (χ2n) is 2.86. The Morgan fingerprint density at radius 3 is 1.83 bits per heavy atom. The van der Waals surface area contributed by atoms with E-state index in [-0.39, 0.29) is 6.61 Å². The van der Waals surface area contributed by atoms with Gasteiger partial charge in [0, 0.05) is 6.61 Å². The molecule has 1 unspecified atom stereocenters. The molecular formula is C7H14O5. The summed E-state index contributed by atoms with van der Waals surface area (Å²) in [6, 6.07) is 0. The second kappa shape index (κ2) is 4.39. The predicted octanol–water partition coefficient (Wildman–Crippen LogP) is -1.33. The highest BCUT2D eigenvalue weighted by Crippen LogP contribution is 2.26. The van der Waals surface area contributed by atoms with Crippen LogP contribution in [0, 0.1) is 11.3 Å². The highest BCUT2D eigenvalue weighted by molar-refractivity contribution is 5.75. The molecule has 4 N–H and O–H groups in total. The average molecular weight is 178 g/mol. The van der Waals surface area contributed by atoms with Crippen molar-refractivity contribution in [2.24, 2.45) is 11.3 Å². The number of aliphatic carboxylic acids is 1. The summed E-state index contributed by atoms with van der Waals surface area (Å²) in [6.45, 7) is -0.283. The van der Waals surface area contributed by atoms with E-state index in [0.29, 0.717) is 0 Å². The first-order valence-electron chi connectivity index (χ1n) is 3.61. The molecule has 1 atom stereocenters. The topological polar surface area (TPSA) is 98.0 Å². The first-order chi connectivity index (χ1) is 5.55. The summed E-state index contributed by atoms with van der Waals surface area (Å²) in [5, 5.41) is 35.0. The molecule has 0 aromatic heterocycles. The Bertz CT molecular complexity index is 152. The predicted molar refractivity (Wildman–Crippen MR) is 40.5 cm³/mol. The van der Waals surface area contributed by atoms with Crippen LogP contribution in [0.15, 0.2) is 0 Å². The van der Waals surface area contributed by atoms with Gasteiger partial charge in [-0.3, -0.25) is 4.79 Å². The molecule has 0 aliphatic carbocycles. The zero-order chi connectivity index (χ0) is 9.78. The second-order valence-corrected chi connectivity index (χ2v) is 2.86. The molecule has 12 heavy (non-hydrogen) atoms. The van der Waals surface area contributed by atoms with Gasteiger partial charge in [-0.25, -0.2) is 0 Å². The van der Waals surface area contributed by atoms with Crippen LogP contribution in [0.5, 0.6) is 0 Å². The third kappa shape index (κ3) is 1.74. The van der Waals surface area contributed by atoms with Crippen LogP contribution >= 0.6 is 0 Å². The molecule has 0 heterocycles. The van der Waals surface area contributed by atoms with Gasteiger partial charge in [0.05, 0.1) is 13.2 Å². The quantitative estimate of drug-likeness (QED) is 0.418. The molecule has 0 aromatic rings. The molecule has 0 radical (unpaired) electrons. The Labute approximate surface area is 70.3 Å². The van der Waals surface area contributed by atoms with Crippen LogP contribution in [-0.2, 0) is 4.79 Å². The Morgan fingerprint density at radius 2 is 1.75 bits per heavy atom. The van der Waals surface area contributed by atoms with E-state index in [2.05, 4.69) is 0 Å². The zero-order valence-electron chi connectivity index (χ0n) is 6.90. The number of rotatable bonds is 5. The van der Waals surface area contributed by atoms with Gasteiger partial charge in [-0.15, -0.1) is 0 Å². The molecule has 72 valence electrons. The third-order valence-corrected chi connectivity index (χ3v) is 2.21. The molecule has 0 aliphatic rings. The maximum atomic E-state index is 10.7. The maximum absolute atomic E-state index is 10.7. The number of hydrogen-bond donors (Lipinski definition) is 4. The minimum absolute atomic E-state index is 0.382. The van der Waals surface area contributed by atoms with Crippen LogP contribution in [0.2, 0.25) is 0 Å². The lowest BCUT2D eigenvalue weighted by atomic mass is 9.78. The van der Waals surface area contributed by atoms with Gasteiger partial charge in [0.15, 0.2) is 0 Å². The van der Waals surface area contributed by atoms with E-state index < -0.39 is 30.5 Å². The molecular weight excluding hydrogens is 164 g/mol. The molecule has 5 nitrogen and oxygen atoms in total. The maximum Gasteiger partial charge on any atom is 0.314 e. The first kappa shape index (κ1) is 11.4. The molecule has 0 saturated carbocycles. The first-order valence-corrected chi connectivity index (χ1v) is 3.61. The van der Waals surface area contributed by atoms with Crippen molar-refractivity contribution >= 4 is 5.97 Å². The average Bonchev–Trinajstić information content (AvgIpc) is 2.06. The van der Waals surface area contributed by atoms with Crippen molar-refractivity contribution in [3.63, 3.8) is 0 Å². The van der Waals surface area contributed by atoms with Gasteiger partial charge in [-0.2, -0.15) is 0 Å². The summed E-state index contributed by atoms with van der Waals surface area (Å²) in [5.41, 5.74) is -1.63. The molecule has 0 aromatic carbocycles. The number of carboxylic acid groups (broad SMARTS) is 1. The summed E-state index contributed by atoms with van der Waals surface area (Å²) < 4.78 is 0. The van der Waals surface area contributed by atoms with E-state index in [0.717, 1.165) is 0 Å². The van der Waals surface area contributed by atoms with Crippen LogP contribution in [0.25, 0.3) is 0 Å². The summed E-state index contributed by atoms with van der Waals surface area (Å²) in [6.07, 6.45) is 0. The van der Waals surface area contributed by atoms with E-state index in [1.54, 1.807) is 0 Å². The van der Waals surface area contributed by atoms with Crippen molar-refractivity contribution in [2.75, 3.05) is 19.8 Å². The van der Waals surface area contributed by atoms with Crippen molar-refractivity contribution in [1.82, 2.24) is 0 Å². The van der Waals surface area contributed by atoms with Crippen molar-refractivity contribution in [1.29, 1.82) is 0 Å². The number of aliphatic hydroxyl groups excluding tert-OH is 3. The highest BCUT2D eigenvalue weighted by atomic mass is 16.4. The molecule has 0 aliphatic heterocycles. The van der Waals surface area contributed by atoms with Gasteiger partial charge in [0.2, 0.25) is 0 Å². The summed E-state index contributed by atoms with van der Waals surface area (Å²) >= 11 is 0. The largest absolute Gasteiger partial charge is 0.481 e. The van der Waals surface area contributed by atoms with Crippen LogP contribution < -0.4 is 0 Å². The van der Waals surface area contributed by atoms with Crippen molar-refractivity contribution in [2.45, 2.75) is 6.92 Å². The van der Waals surface area contributed by atoms with Crippen LogP contribution in [0.3, 0.4) is 0 Å². The van der Waals surface area contributed by atoms with Gasteiger partial charge in [-0.05, 0) is 5.92 Å². The highest BCUT2D eigenvalue weighted by Gasteiger charge is 2.42. The standard InChI is InChI=1S/C7H14O5/c1-5(2-8)7(3-9,4-10)6(11)12/h5,8-10H,2-4H2,1H3,(H,11,12). The fraction of sp³-hybridized carbons (Fsp3) is 0.857. The van der Waals surface area contributed by atoms with Crippen LogP contribution in [0.1, 0.15) is 6.92 Å². The molecule has 0 saturated heterocycles. The van der Waals surface area contributed by atoms with Gasteiger partial charge in [-0.1, -0.05) is 6.92 Å². The lowest BCUT2D eigenvalue weighted by Crippen LogP contribution is -2.45. The van der Waals surface area contributed by atoms with Gasteiger partial charge in [0.25, 0.3) is 0 Å². The van der Waals surface area contributed by atoms with E-state index >= 15 is 0 Å². The van der Waals surface area contributed by atoms with Gasteiger partial charge < -0.3 is 20.4 Å². The SMILES string of the molecule is CC(CO)C(CO)(CO)C(=O)O. The number of hydrogen-bond acceptors (Lipinski definition) is 4. The molecule has 0 spiro atoms. The number of aliphatic hydroxyl groups is 3. The van der Waals surface area contributed by atoms with Gasteiger partial charge in [0.1, 0.15) is 5.41 Å². The lowest BCUT2D eigenvalue weighted by Gasteiger charge is -2.29. The van der Waals surface area contributed by atoms with E-state index in [1.165, 1.54) is 6.92 Å². The van der Waals surface area contributed by atoms with E-state index in [9.17, 15) is 4.79 Å². The van der Waals surface area contributed by atoms with E-state index in [4.69, 9.17) is 20.4 Å². The fourth-order valence-electron chi connectivity index (χ4n) is 0.882. The Kier molecular flexibility index (Phi) is 4.16. The fourth-order valence-corrected chi connectivity index (χ4v) is 0.882. The Balaban J connectivity index is 4.68. The molecule has 0 bridgehead atoms. The zero-order valence-corrected chi connectivity index (χ0v) is 6.90. The summed E-state index contributed by atoms with van der Waals surface area (Å²) in [4.78, 5) is 10.7. The van der Waals surface area contributed by atoms with Crippen LogP contribution in [0.4, 0.5) is 0 Å². The minimum Gasteiger partial charge on any atom is -0.481 e. The van der Waals surface area contributed by atoms with E-state index in [1.807, 2.05) is 0 Å². The molecule has 0 rings (SSSR count). The smallest absolute Gasteiger partial charge is 0.314 e. The Morgan fingerprint density at radius 1 is 1.33 bits per heavy atom. The number of carbonyl (C=O) groups is 1. The van der Waals surface area contributed by atoms with Crippen molar-refractivity contribution in [3.8, 4) is 0 Å². The minimum atomic E-state index is -1.63. The molecule has 0 fully saturated rings. The lowest BCUT2D eigenvalue weighted by molar-refractivity contribution is -0.160. The van der Waals surface area contributed by atoms with Crippen molar-refractivity contribution in [3.05, 3.63) is 0 Å². The summed E-state index contributed by atoms with van der Waals surface area (Å²) in [7, 11) is 0. The normalized spacial score (nSPS) is 14.3. The Hall–Kier alpha value is -0.650. The molecule has 0 amide bonds. The monoisotopic (exact) mass is 178 g/mol. The van der Waals surface area contributed by atoms with Gasteiger partial charge >= 0.3 is 5.97 Å². The number of carboxylic acids is 1. The van der Waals surface area contributed by atoms with Crippen LogP contribution in [-0.4, -0.2) is 46.2 Å². The third-order valence-electron chi connectivity index (χ3n) is 2.21. The van der Waals surface area contributed by atoms with Crippen molar-refractivity contribution < 1.29 is 25.2 Å².